The number of carbonyl (C=O) groups excluding carboxylic acids is 1. The first-order valence-electron chi connectivity index (χ1n) is 4.17. The van der Waals surface area contributed by atoms with Crippen molar-refractivity contribution in [1.82, 2.24) is 0 Å². The van der Waals surface area contributed by atoms with Crippen molar-refractivity contribution in [2.45, 2.75) is 31.8 Å². The zero-order valence-corrected chi connectivity index (χ0v) is 6.51. The second-order valence-electron chi connectivity index (χ2n) is 3.42. The number of hydrogen-bond donors (Lipinski definition) is 0. The molecule has 1 saturated heterocycles. The summed E-state index contributed by atoms with van der Waals surface area (Å²) in [6.45, 7) is 3.74. The number of ether oxygens (including phenoxy) is 1. The molecule has 2 rings (SSSR count). The van der Waals surface area contributed by atoms with E-state index in [0.717, 1.165) is 19.3 Å². The first-order valence-corrected chi connectivity index (χ1v) is 4.17. The molecule has 2 atom stereocenters. The molecule has 2 bridgehead atoms. The minimum Gasteiger partial charge on any atom is -0.459 e. The molecule has 1 heterocycles. The average molecular weight is 152 g/mol. The van der Waals surface area contributed by atoms with E-state index in [4.69, 9.17) is 4.74 Å². The van der Waals surface area contributed by atoms with Crippen molar-refractivity contribution in [3.63, 3.8) is 0 Å². The Morgan fingerprint density at radius 1 is 1.45 bits per heavy atom. The molecule has 2 fully saturated rings. The van der Waals surface area contributed by atoms with Crippen LogP contribution in [-0.2, 0) is 9.53 Å². The molecule has 11 heavy (non-hydrogen) atoms. The molecule has 2 nitrogen and oxygen atoms in total. The molecule has 0 aromatic rings. The van der Waals surface area contributed by atoms with Gasteiger partial charge in [-0.25, -0.2) is 4.79 Å². The fourth-order valence-electron chi connectivity index (χ4n) is 1.96. The van der Waals surface area contributed by atoms with Gasteiger partial charge in [0.2, 0.25) is 0 Å². The van der Waals surface area contributed by atoms with Crippen molar-refractivity contribution in [2.24, 2.45) is 5.92 Å². The summed E-state index contributed by atoms with van der Waals surface area (Å²) in [4.78, 5) is 11.1. The summed E-state index contributed by atoms with van der Waals surface area (Å²) in [6, 6.07) is 0. The third kappa shape index (κ3) is 1.06. The predicted octanol–water partition coefficient (Wildman–Crippen LogP) is 1.66. The highest BCUT2D eigenvalue weighted by molar-refractivity contribution is 5.89. The molecule has 2 aliphatic rings. The maximum Gasteiger partial charge on any atom is 0.333 e. The van der Waals surface area contributed by atoms with Crippen LogP contribution in [0.2, 0.25) is 0 Å². The smallest absolute Gasteiger partial charge is 0.333 e. The highest BCUT2D eigenvalue weighted by Crippen LogP contribution is 2.35. The average Bonchev–Trinajstić information content (AvgIpc) is 2.01. The third-order valence-corrected chi connectivity index (χ3v) is 2.65. The normalized spacial score (nSPS) is 36.7. The Kier molecular flexibility index (Phi) is 1.48. The topological polar surface area (TPSA) is 26.3 Å². The van der Waals surface area contributed by atoms with Gasteiger partial charge < -0.3 is 4.74 Å². The van der Waals surface area contributed by atoms with Crippen LogP contribution in [-0.4, -0.2) is 12.1 Å². The summed E-state index contributed by atoms with van der Waals surface area (Å²) in [5.74, 6) is 0.265. The van der Waals surface area contributed by atoms with Crippen LogP contribution in [0.3, 0.4) is 0 Å². The van der Waals surface area contributed by atoms with Crippen molar-refractivity contribution >= 4 is 5.97 Å². The van der Waals surface area contributed by atoms with E-state index in [1.54, 1.807) is 0 Å². The molecule has 2 heteroatoms. The first kappa shape index (κ1) is 6.89. The van der Waals surface area contributed by atoms with E-state index < -0.39 is 0 Å². The number of hydrogen-bond acceptors (Lipinski definition) is 2. The van der Waals surface area contributed by atoms with Gasteiger partial charge in [0.15, 0.2) is 0 Å². The maximum absolute atomic E-state index is 11.1. The SMILES string of the molecule is C=C1C(=O)O[C@H]2CCC[C@H]1C2. The van der Waals surface area contributed by atoms with Crippen LogP contribution in [0.15, 0.2) is 12.2 Å². The van der Waals surface area contributed by atoms with Crippen molar-refractivity contribution in [3.05, 3.63) is 12.2 Å². The van der Waals surface area contributed by atoms with E-state index in [1.165, 1.54) is 6.42 Å². The largest absolute Gasteiger partial charge is 0.459 e. The molecule has 0 amide bonds. The van der Waals surface area contributed by atoms with Crippen molar-refractivity contribution in [1.29, 1.82) is 0 Å². The van der Waals surface area contributed by atoms with E-state index in [1.807, 2.05) is 0 Å². The van der Waals surface area contributed by atoms with Gasteiger partial charge in [0.1, 0.15) is 6.10 Å². The Morgan fingerprint density at radius 3 is 3.09 bits per heavy atom. The Labute approximate surface area is 66.2 Å². The van der Waals surface area contributed by atoms with Gasteiger partial charge in [-0.3, -0.25) is 0 Å². The Balaban J connectivity index is 2.17. The van der Waals surface area contributed by atoms with Crippen LogP contribution in [0.1, 0.15) is 25.7 Å². The molecule has 0 aromatic heterocycles. The van der Waals surface area contributed by atoms with Gasteiger partial charge in [-0.05, 0) is 31.6 Å². The van der Waals surface area contributed by atoms with Gasteiger partial charge in [0, 0.05) is 5.57 Å². The molecule has 1 saturated carbocycles. The molecule has 0 spiro atoms. The Morgan fingerprint density at radius 2 is 2.27 bits per heavy atom. The Bertz CT molecular complexity index is 208. The summed E-state index contributed by atoms with van der Waals surface area (Å²) < 4.78 is 5.13. The van der Waals surface area contributed by atoms with Gasteiger partial charge in [0.05, 0.1) is 0 Å². The fourth-order valence-corrected chi connectivity index (χ4v) is 1.96. The van der Waals surface area contributed by atoms with Crippen LogP contribution in [0.5, 0.6) is 0 Å². The van der Waals surface area contributed by atoms with Gasteiger partial charge in [0.25, 0.3) is 0 Å². The molecule has 0 radical (unpaired) electrons. The highest BCUT2D eigenvalue weighted by atomic mass is 16.5. The summed E-state index contributed by atoms with van der Waals surface area (Å²) in [6.07, 6.45) is 4.58. The first-order chi connectivity index (χ1) is 5.27. The van der Waals surface area contributed by atoms with Crippen LogP contribution in [0, 0.1) is 5.92 Å². The fraction of sp³-hybridized carbons (Fsp3) is 0.667. The molecule has 60 valence electrons. The molecule has 1 aliphatic heterocycles. The minimum atomic E-state index is -0.161. The number of fused-ring (bicyclic) bond motifs is 2. The third-order valence-electron chi connectivity index (χ3n) is 2.65. The second-order valence-corrected chi connectivity index (χ2v) is 3.42. The number of rotatable bonds is 0. The van der Waals surface area contributed by atoms with Crippen molar-refractivity contribution in [3.8, 4) is 0 Å². The van der Waals surface area contributed by atoms with Gasteiger partial charge in [-0.2, -0.15) is 0 Å². The van der Waals surface area contributed by atoms with Crippen LogP contribution >= 0.6 is 0 Å². The quantitative estimate of drug-likeness (QED) is 0.390. The minimum absolute atomic E-state index is 0.161. The summed E-state index contributed by atoms with van der Waals surface area (Å²) in [5.41, 5.74) is 0.695. The van der Waals surface area contributed by atoms with E-state index >= 15 is 0 Å². The predicted molar refractivity (Wildman–Crippen MR) is 41.0 cm³/mol. The van der Waals surface area contributed by atoms with E-state index in [9.17, 15) is 4.79 Å². The van der Waals surface area contributed by atoms with E-state index in [0.29, 0.717) is 11.5 Å². The van der Waals surface area contributed by atoms with Crippen molar-refractivity contribution in [2.75, 3.05) is 0 Å². The van der Waals surface area contributed by atoms with Gasteiger partial charge in [-0.15, -0.1) is 0 Å². The molecule has 0 N–H and O–H groups in total. The molecule has 0 unspecified atom stereocenters. The Hall–Kier alpha value is -0.790. The van der Waals surface area contributed by atoms with E-state index in [2.05, 4.69) is 6.58 Å². The molecular formula is C9H12O2. The van der Waals surface area contributed by atoms with Crippen LogP contribution < -0.4 is 0 Å². The summed E-state index contributed by atoms with van der Waals surface area (Å²) >= 11 is 0. The summed E-state index contributed by atoms with van der Waals surface area (Å²) in [7, 11) is 0. The number of esters is 1. The maximum atomic E-state index is 11.1. The number of carbonyl (C=O) groups is 1. The highest BCUT2D eigenvalue weighted by Gasteiger charge is 2.34. The summed E-state index contributed by atoms with van der Waals surface area (Å²) in [5, 5.41) is 0. The van der Waals surface area contributed by atoms with Gasteiger partial charge >= 0.3 is 5.97 Å². The zero-order chi connectivity index (χ0) is 7.84. The zero-order valence-electron chi connectivity index (χ0n) is 6.51. The van der Waals surface area contributed by atoms with E-state index in [-0.39, 0.29) is 12.1 Å². The van der Waals surface area contributed by atoms with Gasteiger partial charge in [-0.1, -0.05) is 6.58 Å². The van der Waals surface area contributed by atoms with Crippen LogP contribution in [0.25, 0.3) is 0 Å². The molecule has 1 aliphatic carbocycles. The standard InChI is InChI=1S/C9H12O2/c1-6-7-3-2-4-8(5-7)11-9(6)10/h7-8H,1-5H2/t7-,8-/m0/s1. The van der Waals surface area contributed by atoms with Crippen LogP contribution in [0.4, 0.5) is 0 Å². The lowest BCUT2D eigenvalue weighted by Crippen LogP contribution is -2.34. The second kappa shape index (κ2) is 2.36. The lowest BCUT2D eigenvalue weighted by molar-refractivity contribution is -0.151. The lowest BCUT2D eigenvalue weighted by Gasteiger charge is -2.34. The molecule has 0 aromatic carbocycles. The lowest BCUT2D eigenvalue weighted by atomic mass is 9.81. The van der Waals surface area contributed by atoms with Crippen molar-refractivity contribution < 1.29 is 9.53 Å². The molecular weight excluding hydrogens is 140 g/mol. The monoisotopic (exact) mass is 152 g/mol.